The molecule has 0 aliphatic carbocycles. The van der Waals surface area contributed by atoms with Gasteiger partial charge in [0, 0.05) is 63.8 Å². The summed E-state index contributed by atoms with van der Waals surface area (Å²) in [5.41, 5.74) is 1.98. The molecule has 13 heteroatoms. The normalized spacial score (nSPS) is 18.4. The number of nitrogens with one attached hydrogen (secondary N) is 1. The first kappa shape index (κ1) is 29.1. The van der Waals surface area contributed by atoms with Crippen LogP contribution in [0, 0.1) is 0 Å². The molecule has 2 atom stereocenters. The van der Waals surface area contributed by atoms with E-state index in [2.05, 4.69) is 15.2 Å². The van der Waals surface area contributed by atoms with E-state index in [4.69, 9.17) is 9.47 Å². The highest BCUT2D eigenvalue weighted by Gasteiger charge is 2.34. The Balaban J connectivity index is 1.13. The zero-order valence-electron chi connectivity index (χ0n) is 22.6. The van der Waals surface area contributed by atoms with E-state index in [1.54, 1.807) is 23.1 Å². The number of hydrogen-bond donors (Lipinski definition) is 1. The number of rotatable bonds is 10. The zero-order valence-corrected chi connectivity index (χ0v) is 23.4. The number of aromatic nitrogens is 2. The summed E-state index contributed by atoms with van der Waals surface area (Å²) >= 11 is 0. The molecule has 1 aromatic heterocycles. The number of hydrogen-bond acceptors (Lipinski definition) is 6. The minimum absolute atomic E-state index is 0.193. The lowest BCUT2D eigenvalue weighted by Crippen LogP contribution is -2.59. The van der Waals surface area contributed by atoms with Gasteiger partial charge in [-0.2, -0.15) is 13.2 Å². The van der Waals surface area contributed by atoms with Crippen LogP contribution in [0.1, 0.15) is 22.4 Å². The Morgan fingerprint density at radius 2 is 1.83 bits per heavy atom. The third-order valence-corrected chi connectivity index (χ3v) is 8.41. The highest BCUT2D eigenvalue weighted by molar-refractivity contribution is 7.81. The van der Waals surface area contributed by atoms with Gasteiger partial charge < -0.3 is 19.4 Å². The first-order valence-electron chi connectivity index (χ1n) is 13.3. The first-order valence-corrected chi connectivity index (χ1v) is 14.8. The molecule has 9 nitrogen and oxygen atoms in total. The van der Waals surface area contributed by atoms with E-state index in [1.807, 2.05) is 22.8 Å². The second-order valence-electron chi connectivity index (χ2n) is 10.1. The number of amides is 1. The molecule has 1 fully saturated rings. The van der Waals surface area contributed by atoms with Gasteiger partial charge >= 0.3 is 6.18 Å². The molecule has 1 N–H and O–H groups in total. The zero-order chi connectivity index (χ0) is 29.0. The van der Waals surface area contributed by atoms with Gasteiger partial charge in [0.25, 0.3) is 0 Å². The van der Waals surface area contributed by atoms with Crippen LogP contribution in [-0.4, -0.2) is 80.7 Å². The van der Waals surface area contributed by atoms with Crippen LogP contribution in [0.4, 0.5) is 13.2 Å². The van der Waals surface area contributed by atoms with Crippen LogP contribution in [0.25, 0.3) is 0 Å². The van der Waals surface area contributed by atoms with Gasteiger partial charge in [0.2, 0.25) is 12.7 Å². The van der Waals surface area contributed by atoms with Gasteiger partial charge in [-0.3, -0.25) is 9.69 Å². The Kier molecular flexibility index (Phi) is 8.95. The van der Waals surface area contributed by atoms with Crippen LogP contribution < -0.4 is 14.8 Å². The van der Waals surface area contributed by atoms with Crippen LogP contribution in [-0.2, 0) is 41.3 Å². The van der Waals surface area contributed by atoms with E-state index < -0.39 is 28.8 Å². The minimum atomic E-state index is -4.38. The quantitative estimate of drug-likeness (QED) is 0.390. The summed E-state index contributed by atoms with van der Waals surface area (Å²) in [5.74, 6) is 1.29. The second kappa shape index (κ2) is 12.6. The Morgan fingerprint density at radius 3 is 2.59 bits per heavy atom. The van der Waals surface area contributed by atoms with E-state index in [0.717, 1.165) is 47.9 Å². The molecule has 2 aliphatic heterocycles. The summed E-state index contributed by atoms with van der Waals surface area (Å²) in [5, 5.41) is 2.98. The summed E-state index contributed by atoms with van der Waals surface area (Å²) in [7, 11) is -1.30. The minimum Gasteiger partial charge on any atom is -0.454 e. The summed E-state index contributed by atoms with van der Waals surface area (Å²) in [6.07, 6.45) is 1.78. The summed E-state index contributed by atoms with van der Waals surface area (Å²) < 4.78 is 65.4. The molecule has 1 amide bonds. The third-order valence-electron chi connectivity index (χ3n) is 7.32. The molecule has 3 aromatic rings. The molecule has 2 aliphatic rings. The van der Waals surface area contributed by atoms with Crippen molar-refractivity contribution in [2.24, 2.45) is 0 Å². The van der Waals surface area contributed by atoms with Gasteiger partial charge in [0.1, 0.15) is 6.04 Å². The van der Waals surface area contributed by atoms with Crippen molar-refractivity contribution in [3.8, 4) is 11.5 Å². The maximum absolute atomic E-state index is 13.2. The third kappa shape index (κ3) is 7.27. The lowest BCUT2D eigenvalue weighted by Gasteiger charge is -2.39. The van der Waals surface area contributed by atoms with Crippen LogP contribution in [0.3, 0.4) is 0 Å². The van der Waals surface area contributed by atoms with Crippen LogP contribution in [0.5, 0.6) is 11.5 Å². The van der Waals surface area contributed by atoms with Gasteiger partial charge in [-0.05, 0) is 41.8 Å². The Morgan fingerprint density at radius 1 is 1.07 bits per heavy atom. The van der Waals surface area contributed by atoms with Gasteiger partial charge in [-0.15, -0.1) is 0 Å². The van der Waals surface area contributed by atoms with E-state index in [9.17, 15) is 22.2 Å². The van der Waals surface area contributed by atoms with Crippen molar-refractivity contribution in [2.45, 2.75) is 31.6 Å². The number of piperazine rings is 1. The average Bonchev–Trinajstić information content (AvgIpc) is 3.60. The van der Waals surface area contributed by atoms with Crippen molar-refractivity contribution in [2.75, 3.05) is 45.8 Å². The highest BCUT2D eigenvalue weighted by Crippen LogP contribution is 2.33. The Bertz CT molecular complexity index is 1380. The number of nitrogens with zero attached hydrogens (tertiary/aromatic N) is 4. The number of benzene rings is 2. The largest absolute Gasteiger partial charge is 0.454 e. The molecule has 0 spiro atoms. The van der Waals surface area contributed by atoms with Crippen molar-refractivity contribution in [1.82, 2.24) is 24.1 Å². The van der Waals surface area contributed by atoms with Crippen molar-refractivity contribution >= 4 is 16.9 Å². The predicted molar refractivity (Wildman–Crippen MR) is 147 cm³/mol. The number of halogens is 3. The molecule has 2 unspecified atom stereocenters. The average molecular weight is 592 g/mol. The van der Waals surface area contributed by atoms with Crippen molar-refractivity contribution in [3.05, 3.63) is 77.4 Å². The maximum Gasteiger partial charge on any atom is 0.416 e. The molecular weight excluding hydrogens is 559 g/mol. The molecule has 0 radical (unpaired) electrons. The maximum atomic E-state index is 13.2. The number of fused-ring (bicyclic) bond motifs is 1. The first-order chi connectivity index (χ1) is 19.7. The van der Waals surface area contributed by atoms with Crippen molar-refractivity contribution in [3.63, 3.8) is 0 Å². The summed E-state index contributed by atoms with van der Waals surface area (Å²) in [4.78, 5) is 19.6. The van der Waals surface area contributed by atoms with Gasteiger partial charge in [-0.1, -0.05) is 18.2 Å². The SMILES string of the molecule is CS(=O)N1CCN(CCc2ccc3c(c2)OCO3)CC1C(=O)NCCc1cncn1Cc1ccc(C(F)(F)F)cc1. The summed E-state index contributed by atoms with van der Waals surface area (Å²) in [6.45, 7) is 3.37. The molecule has 2 aromatic carbocycles. The topological polar surface area (TPSA) is 88.9 Å². The van der Waals surface area contributed by atoms with E-state index >= 15 is 0 Å². The van der Waals surface area contributed by atoms with Gasteiger partial charge in [0.05, 0.1) is 22.9 Å². The van der Waals surface area contributed by atoms with Gasteiger partial charge in [0.15, 0.2) is 11.5 Å². The lowest BCUT2D eigenvalue weighted by molar-refractivity contribution is -0.137. The molecule has 0 saturated carbocycles. The molecule has 3 heterocycles. The standard InChI is InChI=1S/C28H32F3N5O4S/c1-41(38)36-13-12-34(11-9-20-4-7-25-26(14-20)40-19-39-25)17-24(36)27(37)33-10-8-23-15-32-18-35(23)16-21-2-5-22(6-3-21)28(29,30)31/h2-7,14-15,18,24H,8-13,16-17,19H2,1H3,(H,33,37). The number of carbonyl (C=O) groups is 1. The predicted octanol–water partition coefficient (Wildman–Crippen LogP) is 2.86. The fraction of sp³-hybridized carbons (Fsp3) is 0.429. The van der Waals surface area contributed by atoms with E-state index in [0.29, 0.717) is 44.7 Å². The van der Waals surface area contributed by atoms with Crippen molar-refractivity contribution < 1.29 is 31.6 Å². The second-order valence-corrected chi connectivity index (χ2v) is 11.4. The van der Waals surface area contributed by atoms with Crippen LogP contribution >= 0.6 is 0 Å². The summed E-state index contributed by atoms with van der Waals surface area (Å²) in [6, 6.07) is 10.4. The lowest BCUT2D eigenvalue weighted by atomic mass is 10.1. The fourth-order valence-electron chi connectivity index (χ4n) is 5.06. The monoisotopic (exact) mass is 591 g/mol. The number of alkyl halides is 3. The van der Waals surface area contributed by atoms with Crippen LogP contribution in [0.15, 0.2) is 55.0 Å². The van der Waals surface area contributed by atoms with Crippen LogP contribution in [0.2, 0.25) is 0 Å². The fourth-order valence-corrected chi connectivity index (χ4v) is 5.92. The van der Waals surface area contributed by atoms with Gasteiger partial charge in [-0.25, -0.2) is 13.5 Å². The molecule has 0 bridgehead atoms. The molecule has 5 rings (SSSR count). The number of carbonyl (C=O) groups excluding carboxylic acids is 1. The number of imidazole rings is 1. The highest BCUT2D eigenvalue weighted by atomic mass is 32.2. The molecule has 41 heavy (non-hydrogen) atoms. The van der Waals surface area contributed by atoms with E-state index in [-0.39, 0.29) is 12.7 Å². The molecule has 1 saturated heterocycles. The Hall–Kier alpha value is -3.42. The van der Waals surface area contributed by atoms with E-state index in [1.165, 1.54) is 12.1 Å². The number of ether oxygens (including phenoxy) is 2. The smallest absolute Gasteiger partial charge is 0.416 e. The van der Waals surface area contributed by atoms with Crippen molar-refractivity contribution in [1.29, 1.82) is 0 Å². The molecular formula is C28H32F3N5O4S. The molecule has 220 valence electrons. The Labute approximate surface area is 238 Å².